The van der Waals surface area contributed by atoms with Crippen LogP contribution < -0.4 is 0 Å². The number of likely N-dealkylation sites (tertiary alicyclic amines) is 1. The van der Waals surface area contributed by atoms with Crippen molar-refractivity contribution in [1.82, 2.24) is 0 Å². The summed E-state index contributed by atoms with van der Waals surface area (Å²) < 4.78 is 11.8. The quantitative estimate of drug-likeness (QED) is 0.401. The van der Waals surface area contributed by atoms with Crippen LogP contribution in [0.5, 0.6) is 0 Å². The number of nitrogens with zero attached hydrogens (tertiary/aromatic N) is 1. The van der Waals surface area contributed by atoms with Gasteiger partial charge in [0.05, 0.1) is 26.2 Å². The van der Waals surface area contributed by atoms with Crippen LogP contribution in [0, 0.1) is 0 Å². The summed E-state index contributed by atoms with van der Waals surface area (Å²) in [5.74, 6) is -1.86. The zero-order chi connectivity index (χ0) is 14.0. The number of carboxylic acids is 1. The molecule has 7 nitrogen and oxygen atoms in total. The fourth-order valence-corrected chi connectivity index (χ4v) is 3.11. The monoisotopic (exact) mass is 282 g/mol. The van der Waals surface area contributed by atoms with E-state index in [9.17, 15) is 14.5 Å². The van der Waals surface area contributed by atoms with Gasteiger partial charge < -0.3 is 24.5 Å². The van der Waals surface area contributed by atoms with Crippen molar-refractivity contribution in [3.8, 4) is 0 Å². The van der Waals surface area contributed by atoms with Gasteiger partial charge in [0.1, 0.15) is 0 Å². The molecule has 0 saturated carbocycles. The van der Waals surface area contributed by atoms with Crippen LogP contribution in [-0.4, -0.2) is 62.0 Å². The van der Waals surface area contributed by atoms with Crippen LogP contribution in [0.1, 0.15) is 26.2 Å². The Morgan fingerprint density at radius 2 is 1.83 bits per heavy atom. The van der Waals surface area contributed by atoms with Crippen molar-refractivity contribution in [1.29, 1.82) is 0 Å². The number of hydrogen-bond donors (Lipinski definition) is 4. The highest BCUT2D eigenvalue weighted by Crippen LogP contribution is 2.51. The summed E-state index contributed by atoms with van der Waals surface area (Å²) in [5.41, 5.74) is 0. The number of quaternary nitrogens is 1. The molecule has 0 spiro atoms. The summed E-state index contributed by atoms with van der Waals surface area (Å²) in [4.78, 5) is 28.9. The van der Waals surface area contributed by atoms with Crippen LogP contribution in [0.4, 0.5) is 0 Å². The van der Waals surface area contributed by atoms with Crippen molar-refractivity contribution in [3.63, 3.8) is 0 Å². The topological polar surface area (TPSA) is 115 Å². The predicted molar refractivity (Wildman–Crippen MR) is 63.9 cm³/mol. The zero-order valence-electron chi connectivity index (χ0n) is 10.4. The van der Waals surface area contributed by atoms with Crippen molar-refractivity contribution in [3.05, 3.63) is 0 Å². The smallest absolute Gasteiger partial charge is 0.368 e. The van der Waals surface area contributed by atoms with Gasteiger partial charge in [0.15, 0.2) is 0 Å². The van der Waals surface area contributed by atoms with Gasteiger partial charge in [0, 0.05) is 19.3 Å². The number of aliphatic hydroxyl groups is 1. The van der Waals surface area contributed by atoms with Gasteiger partial charge in [-0.25, -0.2) is 4.79 Å². The molecule has 1 unspecified atom stereocenters. The van der Waals surface area contributed by atoms with Crippen LogP contribution in [-0.2, 0) is 9.36 Å². The van der Waals surface area contributed by atoms with Gasteiger partial charge in [0.25, 0.3) is 5.34 Å². The minimum absolute atomic E-state index is 0.268. The summed E-state index contributed by atoms with van der Waals surface area (Å²) in [7, 11) is -5.09. The highest BCUT2D eigenvalue weighted by Gasteiger charge is 2.54. The third-order valence-electron chi connectivity index (χ3n) is 3.94. The van der Waals surface area contributed by atoms with E-state index in [1.807, 2.05) is 6.92 Å². The maximum absolute atomic E-state index is 11.1. The molecule has 0 aromatic heterocycles. The Balaban J connectivity index is 2.81. The Morgan fingerprint density at radius 1 is 1.33 bits per heavy atom. The lowest BCUT2D eigenvalue weighted by Gasteiger charge is -2.35. The van der Waals surface area contributed by atoms with Crippen molar-refractivity contribution in [2.24, 2.45) is 0 Å². The largest absolute Gasteiger partial charge is 0.479 e. The second-order valence-electron chi connectivity index (χ2n) is 4.95. The molecule has 1 aliphatic rings. The third kappa shape index (κ3) is 2.92. The highest BCUT2D eigenvalue weighted by atomic mass is 31.2. The summed E-state index contributed by atoms with van der Waals surface area (Å²) >= 11 is 0. The van der Waals surface area contributed by atoms with Crippen LogP contribution in [0.2, 0.25) is 0 Å². The molecule has 0 radical (unpaired) electrons. The highest BCUT2D eigenvalue weighted by molar-refractivity contribution is 7.54. The molecule has 4 N–H and O–H groups in total. The van der Waals surface area contributed by atoms with Crippen molar-refractivity contribution in [2.45, 2.75) is 31.5 Å². The molecule has 1 heterocycles. The standard InChI is InChI=1S/C10H20NO6P/c1-2-11(6-3-4-7-11)8-5-10(14,9(12)13)18(15,16)17/h14H,2-8H2,1H3,(H2-,12,13,15,16,17)/p+1. The molecule has 0 bridgehead atoms. The third-order valence-corrected chi connectivity index (χ3v) is 5.32. The molecule has 8 heteroatoms. The Bertz CT molecular complexity index is 361. The predicted octanol–water partition coefficient (Wildman–Crippen LogP) is -0.0421. The van der Waals surface area contributed by atoms with Gasteiger partial charge in [-0.2, -0.15) is 0 Å². The minimum atomic E-state index is -5.09. The molecule has 0 aliphatic carbocycles. The molecule has 106 valence electrons. The van der Waals surface area contributed by atoms with E-state index in [2.05, 4.69) is 0 Å². The first-order valence-electron chi connectivity index (χ1n) is 6.03. The summed E-state index contributed by atoms with van der Waals surface area (Å²) in [5, 5.41) is 15.6. The van der Waals surface area contributed by atoms with E-state index in [1.54, 1.807) is 0 Å². The van der Waals surface area contributed by atoms with E-state index < -0.39 is 25.3 Å². The average molecular weight is 282 g/mol. The SMILES string of the molecule is CC[N+]1(CCC(O)(C(=O)O)P(=O)(O)O)CCCC1. The van der Waals surface area contributed by atoms with Gasteiger partial charge >= 0.3 is 13.6 Å². The second-order valence-corrected chi connectivity index (χ2v) is 6.78. The van der Waals surface area contributed by atoms with E-state index in [4.69, 9.17) is 14.9 Å². The van der Waals surface area contributed by atoms with Gasteiger partial charge in [-0.3, -0.25) is 4.57 Å². The lowest BCUT2D eigenvalue weighted by atomic mass is 10.2. The van der Waals surface area contributed by atoms with E-state index in [1.165, 1.54) is 0 Å². The van der Waals surface area contributed by atoms with Crippen LogP contribution in [0.3, 0.4) is 0 Å². The molecule has 0 aromatic carbocycles. The normalized spacial score (nSPS) is 22.7. The van der Waals surface area contributed by atoms with E-state index in [0.29, 0.717) is 4.48 Å². The molecule has 1 rings (SSSR count). The van der Waals surface area contributed by atoms with E-state index in [0.717, 1.165) is 32.5 Å². The minimum Gasteiger partial charge on any atom is -0.479 e. The molecular weight excluding hydrogens is 261 g/mol. The lowest BCUT2D eigenvalue weighted by molar-refractivity contribution is -0.915. The second kappa shape index (κ2) is 5.27. The van der Waals surface area contributed by atoms with E-state index in [-0.39, 0.29) is 6.54 Å². The maximum Gasteiger partial charge on any atom is 0.368 e. The van der Waals surface area contributed by atoms with Gasteiger partial charge in [-0.15, -0.1) is 0 Å². The lowest BCUT2D eigenvalue weighted by Crippen LogP contribution is -2.50. The van der Waals surface area contributed by atoms with Crippen molar-refractivity contribution < 1.29 is 33.8 Å². The number of hydrogen-bond acceptors (Lipinski definition) is 3. The van der Waals surface area contributed by atoms with Gasteiger partial charge in [-0.05, 0) is 6.92 Å². The Hall–Kier alpha value is -0.460. The summed E-state index contributed by atoms with van der Waals surface area (Å²) in [6.45, 7) is 4.74. The number of carboxylic acid groups (broad SMARTS) is 1. The summed E-state index contributed by atoms with van der Waals surface area (Å²) in [6, 6.07) is 0. The van der Waals surface area contributed by atoms with Crippen LogP contribution >= 0.6 is 7.60 Å². The van der Waals surface area contributed by atoms with Gasteiger partial charge in [0.2, 0.25) is 0 Å². The maximum atomic E-state index is 11.1. The molecule has 1 saturated heterocycles. The van der Waals surface area contributed by atoms with Crippen molar-refractivity contribution in [2.75, 3.05) is 26.2 Å². The van der Waals surface area contributed by atoms with Crippen LogP contribution in [0.15, 0.2) is 0 Å². The number of aliphatic carboxylic acids is 1. The number of rotatable bonds is 6. The molecule has 18 heavy (non-hydrogen) atoms. The molecule has 0 aromatic rings. The molecule has 1 fully saturated rings. The number of carbonyl (C=O) groups is 1. The molecule has 1 aliphatic heterocycles. The first-order valence-corrected chi connectivity index (χ1v) is 7.65. The fourth-order valence-electron chi connectivity index (χ4n) is 2.47. The Morgan fingerprint density at radius 3 is 2.17 bits per heavy atom. The Labute approximate surface area is 106 Å². The van der Waals surface area contributed by atoms with Crippen LogP contribution in [0.25, 0.3) is 0 Å². The average Bonchev–Trinajstić information content (AvgIpc) is 2.73. The van der Waals surface area contributed by atoms with Gasteiger partial charge in [-0.1, -0.05) is 0 Å². The Kier molecular flexibility index (Phi) is 4.56. The molecule has 1 atom stereocenters. The molecule has 0 amide bonds. The summed E-state index contributed by atoms with van der Waals surface area (Å²) in [6.07, 6.45) is 1.62. The first kappa shape index (κ1) is 15.6. The van der Waals surface area contributed by atoms with E-state index >= 15 is 0 Å². The molecular formula is C10H21NO6P+. The first-order chi connectivity index (χ1) is 8.17. The fraction of sp³-hybridized carbons (Fsp3) is 0.900. The zero-order valence-corrected chi connectivity index (χ0v) is 11.3. The van der Waals surface area contributed by atoms with Crippen molar-refractivity contribution >= 4 is 13.6 Å².